The van der Waals surface area contributed by atoms with E-state index < -0.39 is 12.6 Å². The summed E-state index contributed by atoms with van der Waals surface area (Å²) >= 11 is 0. The highest BCUT2D eigenvalue weighted by atomic mass is 19.4. The molecule has 1 aliphatic rings. The molecule has 2 rings (SSSR count). The quantitative estimate of drug-likeness (QED) is 0.559. The van der Waals surface area contributed by atoms with Crippen LogP contribution in [-0.2, 0) is 13.1 Å². The third-order valence-corrected chi connectivity index (χ3v) is 4.80. The average Bonchev–Trinajstić information content (AvgIpc) is 2.65. The highest BCUT2D eigenvalue weighted by Crippen LogP contribution is 2.18. The predicted octanol–water partition coefficient (Wildman–Crippen LogP) is 2.44. The van der Waals surface area contributed by atoms with Gasteiger partial charge in [-0.3, -0.25) is 9.89 Å². The van der Waals surface area contributed by atoms with Gasteiger partial charge in [0.15, 0.2) is 5.96 Å². The third-order valence-electron chi connectivity index (χ3n) is 4.80. The van der Waals surface area contributed by atoms with Crippen molar-refractivity contribution in [2.75, 3.05) is 46.3 Å². The lowest BCUT2D eigenvalue weighted by Gasteiger charge is -2.34. The lowest BCUT2D eigenvalue weighted by molar-refractivity contribution is -0.132. The van der Waals surface area contributed by atoms with Gasteiger partial charge in [-0.1, -0.05) is 31.2 Å². The molecule has 0 bridgehead atoms. The maximum Gasteiger partial charge on any atom is 0.390 e. The summed E-state index contributed by atoms with van der Waals surface area (Å²) in [7, 11) is 1.56. The smallest absolute Gasteiger partial charge is 0.356 e. The Hall–Kier alpha value is -1.80. The Morgan fingerprint density at radius 1 is 1.04 bits per heavy atom. The fraction of sp³-hybridized carbons (Fsp3) is 0.632. The van der Waals surface area contributed by atoms with Gasteiger partial charge in [0.25, 0.3) is 0 Å². The first-order valence-corrected chi connectivity index (χ1v) is 9.44. The fourth-order valence-electron chi connectivity index (χ4n) is 3.11. The molecule has 5 nitrogen and oxygen atoms in total. The van der Waals surface area contributed by atoms with E-state index in [9.17, 15) is 13.2 Å². The summed E-state index contributed by atoms with van der Waals surface area (Å²) in [5.74, 6) is 0.380. The number of alkyl halides is 3. The van der Waals surface area contributed by atoms with E-state index in [0.29, 0.717) is 12.5 Å². The van der Waals surface area contributed by atoms with Crippen LogP contribution < -0.4 is 10.6 Å². The number of nitrogens with zero attached hydrogens (tertiary/aromatic N) is 3. The first-order chi connectivity index (χ1) is 12.9. The molecule has 0 saturated carbocycles. The molecule has 1 fully saturated rings. The molecule has 152 valence electrons. The van der Waals surface area contributed by atoms with Crippen molar-refractivity contribution in [1.29, 1.82) is 0 Å². The zero-order valence-electron chi connectivity index (χ0n) is 16.1. The lowest BCUT2D eigenvalue weighted by atomic mass is 10.1. The first-order valence-electron chi connectivity index (χ1n) is 9.44. The molecule has 1 heterocycles. The molecule has 0 atom stereocenters. The van der Waals surface area contributed by atoms with E-state index in [4.69, 9.17) is 0 Å². The summed E-state index contributed by atoms with van der Waals surface area (Å²) in [5, 5.41) is 5.82. The summed E-state index contributed by atoms with van der Waals surface area (Å²) in [6.45, 7) is 8.78. The van der Waals surface area contributed by atoms with Gasteiger partial charge in [0.05, 0.1) is 6.42 Å². The Morgan fingerprint density at radius 3 is 2.26 bits per heavy atom. The van der Waals surface area contributed by atoms with Gasteiger partial charge in [0, 0.05) is 52.9 Å². The van der Waals surface area contributed by atoms with Crippen LogP contribution in [0.1, 0.15) is 24.5 Å². The van der Waals surface area contributed by atoms with Crippen molar-refractivity contribution in [3.63, 3.8) is 0 Å². The van der Waals surface area contributed by atoms with Crippen molar-refractivity contribution in [3.8, 4) is 0 Å². The molecule has 2 N–H and O–H groups in total. The van der Waals surface area contributed by atoms with Crippen molar-refractivity contribution in [1.82, 2.24) is 20.4 Å². The molecule has 0 aromatic heterocycles. The summed E-state index contributed by atoms with van der Waals surface area (Å²) in [6, 6.07) is 8.17. The topological polar surface area (TPSA) is 42.9 Å². The second-order valence-corrected chi connectivity index (χ2v) is 6.70. The molecular formula is C19H30F3N5. The third kappa shape index (κ3) is 7.76. The Bertz CT molecular complexity index is 595. The summed E-state index contributed by atoms with van der Waals surface area (Å²) < 4.78 is 36.8. The Labute approximate surface area is 159 Å². The van der Waals surface area contributed by atoms with Gasteiger partial charge in [-0.15, -0.1) is 0 Å². The van der Waals surface area contributed by atoms with Gasteiger partial charge in [-0.25, -0.2) is 0 Å². The van der Waals surface area contributed by atoms with E-state index in [1.165, 1.54) is 5.56 Å². The second-order valence-electron chi connectivity index (χ2n) is 6.70. The summed E-state index contributed by atoms with van der Waals surface area (Å²) in [5.41, 5.74) is 2.37. The van der Waals surface area contributed by atoms with Crippen LogP contribution in [-0.4, -0.2) is 68.3 Å². The van der Waals surface area contributed by atoms with Crippen LogP contribution in [0.25, 0.3) is 0 Å². The van der Waals surface area contributed by atoms with E-state index in [0.717, 1.165) is 44.8 Å². The van der Waals surface area contributed by atoms with Crippen LogP contribution in [0.4, 0.5) is 13.2 Å². The molecular weight excluding hydrogens is 355 g/mol. The van der Waals surface area contributed by atoms with Crippen LogP contribution in [0, 0.1) is 0 Å². The Balaban J connectivity index is 1.86. The SMILES string of the molecule is CCN1CCN(Cc2ccccc2CNC(=NC)NCCC(F)(F)F)CC1. The van der Waals surface area contributed by atoms with Gasteiger partial charge in [-0.05, 0) is 17.7 Å². The van der Waals surface area contributed by atoms with Crippen LogP contribution in [0.15, 0.2) is 29.3 Å². The second kappa shape index (κ2) is 10.5. The number of benzene rings is 1. The molecule has 1 aromatic rings. The fourth-order valence-corrected chi connectivity index (χ4v) is 3.11. The monoisotopic (exact) mass is 385 g/mol. The number of guanidine groups is 1. The number of halogens is 3. The molecule has 8 heteroatoms. The number of rotatable bonds is 7. The van der Waals surface area contributed by atoms with Crippen molar-refractivity contribution in [2.45, 2.75) is 32.6 Å². The summed E-state index contributed by atoms with van der Waals surface area (Å²) in [6.07, 6.45) is -5.05. The molecule has 0 spiro atoms. The molecule has 0 unspecified atom stereocenters. The molecule has 1 aromatic carbocycles. The van der Waals surface area contributed by atoms with Gasteiger partial charge < -0.3 is 15.5 Å². The van der Waals surface area contributed by atoms with E-state index >= 15 is 0 Å². The maximum atomic E-state index is 12.3. The van der Waals surface area contributed by atoms with E-state index in [1.54, 1.807) is 7.05 Å². The number of nitrogens with one attached hydrogen (secondary N) is 2. The zero-order valence-corrected chi connectivity index (χ0v) is 16.1. The minimum atomic E-state index is -4.17. The van der Waals surface area contributed by atoms with Crippen LogP contribution in [0.3, 0.4) is 0 Å². The highest BCUT2D eigenvalue weighted by Gasteiger charge is 2.26. The minimum Gasteiger partial charge on any atom is -0.356 e. The average molecular weight is 385 g/mol. The van der Waals surface area contributed by atoms with Gasteiger partial charge in [0.1, 0.15) is 0 Å². The van der Waals surface area contributed by atoms with Crippen molar-refractivity contribution >= 4 is 5.96 Å². The van der Waals surface area contributed by atoms with E-state index in [2.05, 4.69) is 38.4 Å². The lowest BCUT2D eigenvalue weighted by Crippen LogP contribution is -2.45. The van der Waals surface area contributed by atoms with Crippen molar-refractivity contribution < 1.29 is 13.2 Å². The van der Waals surface area contributed by atoms with Crippen molar-refractivity contribution in [2.24, 2.45) is 4.99 Å². The normalized spacial score (nSPS) is 17.1. The highest BCUT2D eigenvalue weighted by molar-refractivity contribution is 5.79. The molecule has 1 saturated heterocycles. The molecule has 1 aliphatic heterocycles. The molecule has 0 amide bonds. The first kappa shape index (κ1) is 21.5. The van der Waals surface area contributed by atoms with Gasteiger partial charge >= 0.3 is 6.18 Å². The number of likely N-dealkylation sites (N-methyl/N-ethyl adjacent to an activating group) is 1. The predicted molar refractivity (Wildman–Crippen MR) is 103 cm³/mol. The van der Waals surface area contributed by atoms with Crippen LogP contribution in [0.5, 0.6) is 0 Å². The van der Waals surface area contributed by atoms with E-state index in [1.807, 2.05) is 18.2 Å². The number of piperazine rings is 1. The Morgan fingerprint density at radius 2 is 1.67 bits per heavy atom. The van der Waals surface area contributed by atoms with Crippen LogP contribution >= 0.6 is 0 Å². The molecule has 0 aliphatic carbocycles. The molecule has 0 radical (unpaired) electrons. The van der Waals surface area contributed by atoms with Crippen molar-refractivity contribution in [3.05, 3.63) is 35.4 Å². The standard InChI is InChI=1S/C19H30F3N5/c1-3-26-10-12-27(13-11-26)15-17-7-5-4-6-16(17)14-25-18(23-2)24-9-8-19(20,21)22/h4-7H,3,8-15H2,1-2H3,(H2,23,24,25). The summed E-state index contributed by atoms with van der Waals surface area (Å²) in [4.78, 5) is 8.89. The largest absolute Gasteiger partial charge is 0.390 e. The number of hydrogen-bond acceptors (Lipinski definition) is 3. The zero-order chi connectivity index (χ0) is 19.7. The maximum absolute atomic E-state index is 12.3. The minimum absolute atomic E-state index is 0.188. The number of aliphatic imine (C=N–C) groups is 1. The van der Waals surface area contributed by atoms with E-state index in [-0.39, 0.29) is 6.54 Å². The Kier molecular flexibility index (Phi) is 8.37. The molecule has 27 heavy (non-hydrogen) atoms. The van der Waals surface area contributed by atoms with Gasteiger partial charge in [0.2, 0.25) is 0 Å². The number of hydrogen-bond donors (Lipinski definition) is 2. The van der Waals surface area contributed by atoms with Gasteiger partial charge in [-0.2, -0.15) is 13.2 Å². The van der Waals surface area contributed by atoms with Crippen LogP contribution in [0.2, 0.25) is 0 Å².